The van der Waals surface area contributed by atoms with Crippen molar-refractivity contribution in [2.24, 2.45) is 0 Å². The highest BCUT2D eigenvalue weighted by Gasteiger charge is 2.17. The van der Waals surface area contributed by atoms with Crippen LogP contribution in [0, 0.1) is 0 Å². The monoisotopic (exact) mass is 400 g/mol. The quantitative estimate of drug-likeness (QED) is 0.424. The number of aromatic nitrogens is 6. The molecule has 0 radical (unpaired) electrons. The third kappa shape index (κ3) is 2.25. The van der Waals surface area contributed by atoms with Gasteiger partial charge in [0.2, 0.25) is 0 Å². The molecule has 0 aromatic carbocycles. The Labute approximate surface area is 167 Å². The first-order valence-electron chi connectivity index (χ1n) is 8.67. The molecular weight excluding hydrogens is 388 g/mol. The van der Waals surface area contributed by atoms with E-state index in [9.17, 15) is 0 Å². The minimum atomic E-state index is 0.891. The summed E-state index contributed by atoms with van der Waals surface area (Å²) in [6.45, 7) is 0. The predicted molar refractivity (Wildman–Crippen MR) is 112 cm³/mol. The van der Waals surface area contributed by atoms with E-state index in [1.165, 1.54) is 0 Å². The molecule has 134 valence electrons. The van der Waals surface area contributed by atoms with Gasteiger partial charge in [-0.3, -0.25) is 0 Å². The van der Waals surface area contributed by atoms with Gasteiger partial charge in [0.05, 0.1) is 32.2 Å². The van der Waals surface area contributed by atoms with Gasteiger partial charge >= 0.3 is 0 Å². The van der Waals surface area contributed by atoms with Crippen LogP contribution in [0.1, 0.15) is 0 Å². The molecule has 0 amide bonds. The van der Waals surface area contributed by atoms with E-state index in [1.807, 2.05) is 68.3 Å². The second-order valence-electron chi connectivity index (χ2n) is 6.25. The van der Waals surface area contributed by atoms with Crippen molar-refractivity contribution in [1.82, 2.24) is 29.7 Å². The van der Waals surface area contributed by atoms with Crippen molar-refractivity contribution in [3.8, 4) is 32.5 Å². The molecule has 0 unspecified atom stereocenters. The Kier molecular flexibility index (Phi) is 3.40. The molecule has 0 aliphatic rings. The molecule has 0 saturated heterocycles. The Morgan fingerprint density at radius 2 is 1.07 bits per heavy atom. The lowest BCUT2D eigenvalue weighted by atomic mass is 10.2. The van der Waals surface area contributed by atoms with Gasteiger partial charge < -0.3 is 0 Å². The van der Waals surface area contributed by atoms with E-state index < -0.39 is 0 Å². The summed E-state index contributed by atoms with van der Waals surface area (Å²) in [5, 5.41) is 21.8. The van der Waals surface area contributed by atoms with Crippen molar-refractivity contribution < 1.29 is 0 Å². The van der Waals surface area contributed by atoms with E-state index in [2.05, 4.69) is 32.8 Å². The fraction of sp³-hybridized carbons (Fsp3) is 0. The number of fused-ring (bicyclic) bond motifs is 2. The molecule has 6 nitrogen and oxygen atoms in total. The molecule has 0 atom stereocenters. The molecule has 0 fully saturated rings. The molecule has 6 heterocycles. The number of pyridine rings is 2. The average Bonchev–Trinajstić information content (AvgIpc) is 3.53. The van der Waals surface area contributed by atoms with Crippen LogP contribution in [0.15, 0.2) is 71.4 Å². The van der Waals surface area contributed by atoms with Crippen LogP contribution in [0.25, 0.3) is 43.6 Å². The van der Waals surface area contributed by atoms with E-state index in [1.54, 1.807) is 22.7 Å². The first-order valence-corrected chi connectivity index (χ1v) is 10.4. The lowest BCUT2D eigenvalue weighted by Crippen LogP contribution is -2.00. The summed E-state index contributed by atoms with van der Waals surface area (Å²) in [6.07, 6.45) is 0. The maximum absolute atomic E-state index is 4.43. The third-order valence-corrected chi connectivity index (χ3v) is 6.41. The number of thiophene rings is 2. The summed E-state index contributed by atoms with van der Waals surface area (Å²) in [5.41, 5.74) is 5.55. The van der Waals surface area contributed by atoms with Gasteiger partial charge in [-0.05, 0) is 47.2 Å². The molecule has 0 aliphatic carbocycles. The number of nitrogens with zero attached hydrogens (tertiary/aromatic N) is 6. The summed E-state index contributed by atoms with van der Waals surface area (Å²) in [6, 6.07) is 20.4. The van der Waals surface area contributed by atoms with Crippen molar-refractivity contribution in [3.63, 3.8) is 0 Å². The van der Waals surface area contributed by atoms with Crippen LogP contribution >= 0.6 is 22.7 Å². The van der Waals surface area contributed by atoms with Crippen molar-refractivity contribution in [2.45, 2.75) is 0 Å². The molecule has 0 saturated carbocycles. The van der Waals surface area contributed by atoms with E-state index in [0.717, 1.165) is 43.6 Å². The third-order valence-electron chi connectivity index (χ3n) is 4.65. The van der Waals surface area contributed by atoms with Gasteiger partial charge in [-0.2, -0.15) is 0 Å². The highest BCUT2D eigenvalue weighted by atomic mass is 32.1. The molecule has 8 heteroatoms. The van der Waals surface area contributed by atoms with Crippen molar-refractivity contribution in [1.29, 1.82) is 0 Å². The standard InChI is InChI=1S/C20H12N6S2/c1-5-13(25-15(7-1)19(21-23-25)17-9-3-11-27-17)14-6-2-8-16-20(22-24-26(14)16)18-10-4-12-28-18/h1-12H. The molecule has 28 heavy (non-hydrogen) atoms. The highest BCUT2D eigenvalue weighted by Crippen LogP contribution is 2.31. The van der Waals surface area contributed by atoms with Gasteiger partial charge in [0.25, 0.3) is 0 Å². The Balaban J connectivity index is 1.59. The van der Waals surface area contributed by atoms with Crippen molar-refractivity contribution in [2.75, 3.05) is 0 Å². The number of hydrogen-bond acceptors (Lipinski definition) is 6. The normalized spacial score (nSPS) is 11.6. The second kappa shape index (κ2) is 6.08. The van der Waals surface area contributed by atoms with Gasteiger partial charge in [0, 0.05) is 0 Å². The molecule has 0 aliphatic heterocycles. The van der Waals surface area contributed by atoms with Crippen LogP contribution in [-0.4, -0.2) is 29.7 Å². The van der Waals surface area contributed by atoms with Crippen LogP contribution in [0.4, 0.5) is 0 Å². The van der Waals surface area contributed by atoms with Crippen LogP contribution in [0.3, 0.4) is 0 Å². The first-order chi connectivity index (χ1) is 13.9. The van der Waals surface area contributed by atoms with E-state index in [4.69, 9.17) is 0 Å². The minimum Gasteiger partial charge on any atom is -0.211 e. The SMILES string of the molecule is c1csc(-c2nnn3c(-c4cccc5c(-c6cccs6)nnn45)cccc23)c1. The number of hydrogen-bond donors (Lipinski definition) is 0. The Morgan fingerprint density at radius 3 is 1.50 bits per heavy atom. The van der Waals surface area contributed by atoms with E-state index >= 15 is 0 Å². The first kappa shape index (κ1) is 15.7. The molecular formula is C20H12N6S2. The fourth-order valence-corrected chi connectivity index (χ4v) is 4.84. The van der Waals surface area contributed by atoms with Gasteiger partial charge in [-0.25, -0.2) is 9.03 Å². The Bertz CT molecular complexity index is 1300. The molecule has 6 aromatic heterocycles. The maximum Gasteiger partial charge on any atom is 0.130 e. The largest absolute Gasteiger partial charge is 0.211 e. The predicted octanol–water partition coefficient (Wildman–Crippen LogP) is 4.90. The summed E-state index contributed by atoms with van der Waals surface area (Å²) in [5.74, 6) is 0. The molecule has 0 N–H and O–H groups in total. The lowest BCUT2D eigenvalue weighted by Gasteiger charge is -2.06. The van der Waals surface area contributed by atoms with E-state index in [-0.39, 0.29) is 0 Å². The number of rotatable bonds is 3. The molecule has 6 aromatic rings. The Morgan fingerprint density at radius 1 is 0.571 bits per heavy atom. The zero-order valence-corrected chi connectivity index (χ0v) is 16.1. The summed E-state index contributed by atoms with van der Waals surface area (Å²) in [4.78, 5) is 2.21. The molecule has 6 rings (SSSR count). The minimum absolute atomic E-state index is 0.891. The van der Waals surface area contributed by atoms with Gasteiger partial charge in [0.15, 0.2) is 0 Å². The van der Waals surface area contributed by atoms with Crippen molar-refractivity contribution in [3.05, 3.63) is 71.4 Å². The van der Waals surface area contributed by atoms with Crippen LogP contribution in [0.5, 0.6) is 0 Å². The van der Waals surface area contributed by atoms with Crippen LogP contribution < -0.4 is 0 Å². The second-order valence-corrected chi connectivity index (χ2v) is 8.14. The highest BCUT2D eigenvalue weighted by molar-refractivity contribution is 7.13. The van der Waals surface area contributed by atoms with E-state index in [0.29, 0.717) is 0 Å². The average molecular weight is 400 g/mol. The maximum atomic E-state index is 4.43. The topological polar surface area (TPSA) is 60.4 Å². The van der Waals surface area contributed by atoms with Crippen LogP contribution in [0.2, 0.25) is 0 Å². The van der Waals surface area contributed by atoms with Gasteiger partial charge in [-0.15, -0.1) is 32.9 Å². The zero-order chi connectivity index (χ0) is 18.5. The molecule has 0 spiro atoms. The zero-order valence-electron chi connectivity index (χ0n) is 14.4. The van der Waals surface area contributed by atoms with Gasteiger partial charge in [0.1, 0.15) is 11.4 Å². The smallest absolute Gasteiger partial charge is 0.130 e. The summed E-state index contributed by atoms with van der Waals surface area (Å²) in [7, 11) is 0. The molecule has 0 bridgehead atoms. The lowest BCUT2D eigenvalue weighted by molar-refractivity contribution is 0.830. The summed E-state index contributed by atoms with van der Waals surface area (Å²) < 4.78 is 3.74. The fourth-order valence-electron chi connectivity index (χ4n) is 3.40. The van der Waals surface area contributed by atoms with Crippen molar-refractivity contribution >= 4 is 33.7 Å². The summed E-state index contributed by atoms with van der Waals surface area (Å²) >= 11 is 3.32. The van der Waals surface area contributed by atoms with Gasteiger partial charge in [-0.1, -0.05) is 34.7 Å². The van der Waals surface area contributed by atoms with Crippen LogP contribution in [-0.2, 0) is 0 Å². The Hall–Kier alpha value is -3.36.